The summed E-state index contributed by atoms with van der Waals surface area (Å²) in [5, 5.41) is 3.64. The molecule has 0 fully saturated rings. The van der Waals surface area contributed by atoms with Crippen molar-refractivity contribution >= 4 is 32.7 Å². The molecular formula is C50H37N3. The Hall–Kier alpha value is -6.32. The predicted octanol–water partition coefficient (Wildman–Crippen LogP) is 12.7. The highest BCUT2D eigenvalue weighted by Gasteiger charge is 2.48. The van der Waals surface area contributed by atoms with Crippen molar-refractivity contribution < 1.29 is 0 Å². The van der Waals surface area contributed by atoms with Crippen LogP contribution in [-0.4, -0.2) is 14.5 Å². The van der Waals surface area contributed by atoms with Gasteiger partial charge in [-0.2, -0.15) is 0 Å². The van der Waals surface area contributed by atoms with Gasteiger partial charge in [0.15, 0.2) is 5.82 Å². The standard InChI is InChI=1S/C50H37N3/c1-49(2)37-24-14-11-21-33(37)41-42-35-23-13-16-26-40(35)53(47(42)43-34-22-12-15-25-38(34)50(3,4)45(43)44(41)49)32-27-28-39-36(29-32)46(30-17-7-5-8-18-30)52-48(51-39)31-19-9-6-10-20-31/h5-29H,1-4H3. The number of nitrogens with zero attached hydrogens (tertiary/aromatic N) is 3. The van der Waals surface area contributed by atoms with E-state index < -0.39 is 0 Å². The summed E-state index contributed by atoms with van der Waals surface area (Å²) in [4.78, 5) is 10.4. The number of rotatable bonds is 3. The molecule has 0 radical (unpaired) electrons. The highest BCUT2D eigenvalue weighted by atomic mass is 15.0. The van der Waals surface area contributed by atoms with Gasteiger partial charge in [-0.3, -0.25) is 0 Å². The lowest BCUT2D eigenvalue weighted by Gasteiger charge is -2.31. The zero-order valence-corrected chi connectivity index (χ0v) is 30.3. The Balaban J connectivity index is 1.31. The van der Waals surface area contributed by atoms with Crippen LogP contribution in [0.15, 0.2) is 152 Å². The van der Waals surface area contributed by atoms with Crippen LogP contribution in [0, 0.1) is 0 Å². The van der Waals surface area contributed by atoms with Crippen LogP contribution >= 0.6 is 0 Å². The molecule has 0 unspecified atom stereocenters. The average molecular weight is 680 g/mol. The molecule has 3 heteroatoms. The van der Waals surface area contributed by atoms with Gasteiger partial charge < -0.3 is 4.57 Å². The molecule has 252 valence electrons. The van der Waals surface area contributed by atoms with Gasteiger partial charge in [-0.15, -0.1) is 0 Å². The smallest absolute Gasteiger partial charge is 0.160 e. The van der Waals surface area contributed by atoms with Gasteiger partial charge in [-0.25, -0.2) is 9.97 Å². The Morgan fingerprint density at radius 3 is 1.75 bits per heavy atom. The molecule has 0 spiro atoms. The van der Waals surface area contributed by atoms with Crippen LogP contribution in [0.1, 0.15) is 49.9 Å². The second-order valence-corrected chi connectivity index (χ2v) is 15.7. The normalized spacial score (nSPS) is 14.7. The molecular weight excluding hydrogens is 643 g/mol. The van der Waals surface area contributed by atoms with E-state index in [-0.39, 0.29) is 10.8 Å². The lowest BCUT2D eigenvalue weighted by Crippen LogP contribution is -2.24. The quantitative estimate of drug-likeness (QED) is 0.186. The van der Waals surface area contributed by atoms with Crippen molar-refractivity contribution in [3.8, 4) is 50.6 Å². The van der Waals surface area contributed by atoms with Gasteiger partial charge >= 0.3 is 0 Å². The number of fused-ring (bicyclic) bond motifs is 13. The summed E-state index contributed by atoms with van der Waals surface area (Å²) >= 11 is 0. The van der Waals surface area contributed by atoms with E-state index in [4.69, 9.17) is 9.97 Å². The van der Waals surface area contributed by atoms with Crippen LogP contribution in [-0.2, 0) is 10.8 Å². The Kier molecular flexibility index (Phi) is 6.07. The summed E-state index contributed by atoms with van der Waals surface area (Å²) in [5.41, 5.74) is 18.3. The molecule has 0 aliphatic heterocycles. The summed E-state index contributed by atoms with van der Waals surface area (Å²) < 4.78 is 2.54. The number of benzene rings is 7. The molecule has 11 rings (SSSR count). The fourth-order valence-corrected chi connectivity index (χ4v) is 9.82. The van der Waals surface area contributed by atoms with Crippen LogP contribution in [0.25, 0.3) is 83.3 Å². The van der Waals surface area contributed by atoms with Gasteiger partial charge in [-0.1, -0.05) is 155 Å². The second-order valence-electron chi connectivity index (χ2n) is 15.7. The summed E-state index contributed by atoms with van der Waals surface area (Å²) in [5.74, 6) is 0.732. The van der Waals surface area contributed by atoms with Gasteiger partial charge in [0.2, 0.25) is 0 Å². The second kappa shape index (κ2) is 10.6. The van der Waals surface area contributed by atoms with Crippen molar-refractivity contribution in [1.82, 2.24) is 14.5 Å². The molecule has 0 atom stereocenters. The van der Waals surface area contributed by atoms with Crippen molar-refractivity contribution in [3.05, 3.63) is 174 Å². The molecule has 0 amide bonds. The third-order valence-electron chi connectivity index (χ3n) is 12.1. The van der Waals surface area contributed by atoms with E-state index in [1.54, 1.807) is 0 Å². The van der Waals surface area contributed by atoms with E-state index in [1.165, 1.54) is 66.3 Å². The summed E-state index contributed by atoms with van der Waals surface area (Å²) in [6.07, 6.45) is 0. The first-order valence-electron chi connectivity index (χ1n) is 18.6. The fourth-order valence-electron chi connectivity index (χ4n) is 9.82. The maximum absolute atomic E-state index is 5.26. The molecule has 2 aromatic heterocycles. The monoisotopic (exact) mass is 679 g/mol. The maximum atomic E-state index is 5.26. The number of hydrogen-bond donors (Lipinski definition) is 0. The van der Waals surface area contributed by atoms with Gasteiger partial charge in [-0.05, 0) is 63.2 Å². The Labute approximate surface area is 309 Å². The first-order valence-corrected chi connectivity index (χ1v) is 18.6. The van der Waals surface area contributed by atoms with Gasteiger partial charge in [0.25, 0.3) is 0 Å². The van der Waals surface area contributed by atoms with Crippen LogP contribution in [0.3, 0.4) is 0 Å². The average Bonchev–Trinajstić information content (AvgIpc) is 3.75. The Morgan fingerprint density at radius 1 is 0.491 bits per heavy atom. The molecule has 7 aromatic carbocycles. The number of para-hydroxylation sites is 1. The van der Waals surface area contributed by atoms with Crippen molar-refractivity contribution in [1.29, 1.82) is 0 Å². The number of aromatic nitrogens is 3. The zero-order valence-electron chi connectivity index (χ0n) is 30.3. The van der Waals surface area contributed by atoms with Crippen molar-refractivity contribution in [2.75, 3.05) is 0 Å². The summed E-state index contributed by atoms with van der Waals surface area (Å²) in [7, 11) is 0. The third-order valence-corrected chi connectivity index (χ3v) is 12.1. The van der Waals surface area contributed by atoms with Crippen LogP contribution in [0.5, 0.6) is 0 Å². The first kappa shape index (κ1) is 30.3. The lowest BCUT2D eigenvalue weighted by molar-refractivity contribution is 0.602. The molecule has 2 heterocycles. The highest BCUT2D eigenvalue weighted by Crippen LogP contribution is 2.63. The summed E-state index contributed by atoms with van der Waals surface area (Å²) in [6, 6.07) is 54.8. The maximum Gasteiger partial charge on any atom is 0.160 e. The predicted molar refractivity (Wildman–Crippen MR) is 220 cm³/mol. The molecule has 53 heavy (non-hydrogen) atoms. The third kappa shape index (κ3) is 4.00. The van der Waals surface area contributed by atoms with E-state index in [9.17, 15) is 0 Å². The van der Waals surface area contributed by atoms with Crippen LogP contribution < -0.4 is 0 Å². The molecule has 0 saturated carbocycles. The van der Waals surface area contributed by atoms with E-state index in [1.807, 2.05) is 18.2 Å². The van der Waals surface area contributed by atoms with E-state index in [0.717, 1.165) is 39.2 Å². The molecule has 2 aliphatic carbocycles. The zero-order chi connectivity index (χ0) is 35.6. The van der Waals surface area contributed by atoms with Crippen molar-refractivity contribution in [3.63, 3.8) is 0 Å². The largest absolute Gasteiger partial charge is 0.309 e. The molecule has 3 nitrogen and oxygen atoms in total. The van der Waals surface area contributed by atoms with E-state index >= 15 is 0 Å². The van der Waals surface area contributed by atoms with Crippen molar-refractivity contribution in [2.45, 2.75) is 38.5 Å². The molecule has 2 aliphatic rings. The van der Waals surface area contributed by atoms with Gasteiger partial charge in [0.05, 0.1) is 22.2 Å². The molecule has 0 bridgehead atoms. The highest BCUT2D eigenvalue weighted by molar-refractivity contribution is 6.23. The lowest BCUT2D eigenvalue weighted by atomic mass is 9.72. The van der Waals surface area contributed by atoms with Gasteiger partial charge in [0, 0.05) is 49.4 Å². The molecule has 0 saturated heterocycles. The van der Waals surface area contributed by atoms with Crippen LogP contribution in [0.4, 0.5) is 0 Å². The fraction of sp³-hybridized carbons (Fsp3) is 0.120. The molecule has 9 aromatic rings. The topological polar surface area (TPSA) is 30.7 Å². The van der Waals surface area contributed by atoms with E-state index in [0.29, 0.717) is 0 Å². The minimum atomic E-state index is -0.184. The minimum Gasteiger partial charge on any atom is -0.309 e. The van der Waals surface area contributed by atoms with E-state index in [2.05, 4.69) is 166 Å². The number of hydrogen-bond acceptors (Lipinski definition) is 2. The minimum absolute atomic E-state index is 0.159. The summed E-state index contributed by atoms with van der Waals surface area (Å²) in [6.45, 7) is 9.72. The van der Waals surface area contributed by atoms with Gasteiger partial charge in [0.1, 0.15) is 0 Å². The van der Waals surface area contributed by atoms with Crippen molar-refractivity contribution in [2.24, 2.45) is 0 Å². The SMILES string of the molecule is CC1(C)c2ccccc2-c2c1c1c(c3c2c2ccccc2n3-c2ccc3nc(-c4ccccc4)nc(-c4ccccc4)c3c2)-c2ccccc2C1(C)C. The Bertz CT molecular complexity index is 2980. The first-order chi connectivity index (χ1) is 25.8. The van der Waals surface area contributed by atoms with Crippen LogP contribution in [0.2, 0.25) is 0 Å². The molecule has 0 N–H and O–H groups in total. The Morgan fingerprint density at radius 2 is 1.06 bits per heavy atom.